The molecule has 2 aliphatic heterocycles. The van der Waals surface area contributed by atoms with Gasteiger partial charge in [-0.3, -0.25) is 4.90 Å². The number of fused-ring (bicyclic) bond motifs is 1. The Kier molecular flexibility index (Phi) is 4.67. The topological polar surface area (TPSA) is 53.1 Å². The summed E-state index contributed by atoms with van der Waals surface area (Å²) in [5.74, 6) is 0.704. The highest BCUT2D eigenvalue weighted by molar-refractivity contribution is 5.56. The van der Waals surface area contributed by atoms with Gasteiger partial charge in [-0.05, 0) is 70.0 Å². The molecule has 0 radical (unpaired) electrons. The van der Waals surface area contributed by atoms with Gasteiger partial charge in [-0.2, -0.15) is 0 Å². The monoisotopic (exact) mass is 351 g/mol. The van der Waals surface area contributed by atoms with Crippen LogP contribution in [0.25, 0.3) is 0 Å². The lowest BCUT2D eigenvalue weighted by Crippen LogP contribution is -2.54. The minimum atomic E-state index is 0.305. The maximum atomic E-state index is 4.81. The third-order valence-corrected chi connectivity index (χ3v) is 5.86. The molecule has 0 amide bonds. The molecule has 0 unspecified atom stereocenters. The fraction of sp³-hybridized carbons (Fsp3) is 0.524. The van der Waals surface area contributed by atoms with Gasteiger partial charge in [0.1, 0.15) is 0 Å². The summed E-state index contributed by atoms with van der Waals surface area (Å²) in [5, 5.41) is 6.85. The molecular weight excluding hydrogens is 322 g/mol. The van der Waals surface area contributed by atoms with Gasteiger partial charge >= 0.3 is 0 Å². The number of hydrogen-bond donors (Lipinski definition) is 2. The van der Waals surface area contributed by atoms with E-state index in [-0.39, 0.29) is 0 Å². The first kappa shape index (κ1) is 17.4. The number of anilines is 2. The average molecular weight is 351 g/mol. The molecule has 1 fully saturated rings. The van der Waals surface area contributed by atoms with Gasteiger partial charge in [0.15, 0.2) is 0 Å². The van der Waals surface area contributed by atoms with E-state index in [4.69, 9.17) is 4.98 Å². The number of hydrogen-bond acceptors (Lipinski definition) is 5. The minimum absolute atomic E-state index is 0.305. The van der Waals surface area contributed by atoms with E-state index in [0.717, 1.165) is 38.3 Å². The molecule has 138 valence electrons. The average Bonchev–Trinajstić information content (AvgIpc) is 2.61. The molecule has 4 rings (SSSR count). The van der Waals surface area contributed by atoms with Gasteiger partial charge < -0.3 is 10.6 Å². The number of nitrogens with one attached hydrogen (secondary N) is 2. The van der Waals surface area contributed by atoms with Crippen molar-refractivity contribution in [2.24, 2.45) is 0 Å². The van der Waals surface area contributed by atoms with Gasteiger partial charge in [-0.25, -0.2) is 9.97 Å². The Labute approximate surface area is 156 Å². The van der Waals surface area contributed by atoms with E-state index in [1.165, 1.54) is 35.2 Å². The summed E-state index contributed by atoms with van der Waals surface area (Å²) in [6, 6.07) is 6.44. The number of aromatic nitrogens is 2. The molecule has 1 saturated heterocycles. The summed E-state index contributed by atoms with van der Waals surface area (Å²) >= 11 is 0. The smallest absolute Gasteiger partial charge is 0.227 e. The molecule has 0 saturated carbocycles. The van der Waals surface area contributed by atoms with Crippen LogP contribution < -0.4 is 10.6 Å². The van der Waals surface area contributed by atoms with E-state index in [1.807, 2.05) is 6.20 Å². The van der Waals surface area contributed by atoms with Gasteiger partial charge in [-0.15, -0.1) is 0 Å². The number of benzene rings is 1. The lowest BCUT2D eigenvalue weighted by atomic mass is 9.86. The normalized spacial score (nSPS) is 19.8. The van der Waals surface area contributed by atoms with Crippen LogP contribution in [-0.4, -0.2) is 40.0 Å². The predicted molar refractivity (Wildman–Crippen MR) is 106 cm³/mol. The third-order valence-electron chi connectivity index (χ3n) is 5.86. The van der Waals surface area contributed by atoms with Crippen molar-refractivity contribution in [3.63, 3.8) is 0 Å². The zero-order valence-corrected chi connectivity index (χ0v) is 16.1. The Balaban J connectivity index is 1.50. The quantitative estimate of drug-likeness (QED) is 0.888. The van der Waals surface area contributed by atoms with Gasteiger partial charge in [0.2, 0.25) is 5.95 Å². The Bertz CT molecular complexity index is 775. The molecule has 2 N–H and O–H groups in total. The lowest BCUT2D eigenvalue weighted by Gasteiger charge is -2.46. The largest absolute Gasteiger partial charge is 0.324 e. The van der Waals surface area contributed by atoms with Gasteiger partial charge in [0.05, 0.1) is 5.69 Å². The summed E-state index contributed by atoms with van der Waals surface area (Å²) in [6.07, 6.45) is 5.46. The minimum Gasteiger partial charge on any atom is -0.324 e. The van der Waals surface area contributed by atoms with Gasteiger partial charge in [0.25, 0.3) is 0 Å². The van der Waals surface area contributed by atoms with E-state index in [0.29, 0.717) is 11.5 Å². The van der Waals surface area contributed by atoms with E-state index < -0.39 is 0 Å². The van der Waals surface area contributed by atoms with E-state index >= 15 is 0 Å². The summed E-state index contributed by atoms with van der Waals surface area (Å²) in [6.45, 7) is 10.9. The maximum absolute atomic E-state index is 4.81. The van der Waals surface area contributed by atoms with Crippen molar-refractivity contribution in [2.45, 2.75) is 52.1 Å². The van der Waals surface area contributed by atoms with E-state index in [1.54, 1.807) is 0 Å². The van der Waals surface area contributed by atoms with Crippen LogP contribution in [0, 0.1) is 13.8 Å². The van der Waals surface area contributed by atoms with Crippen LogP contribution in [0.5, 0.6) is 0 Å². The van der Waals surface area contributed by atoms with Crippen LogP contribution in [0.1, 0.15) is 42.1 Å². The highest BCUT2D eigenvalue weighted by atomic mass is 15.2. The molecule has 5 heteroatoms. The summed E-state index contributed by atoms with van der Waals surface area (Å²) in [5.41, 5.74) is 6.33. The van der Waals surface area contributed by atoms with E-state index in [2.05, 4.69) is 59.5 Å². The molecular formula is C21H29N5. The summed E-state index contributed by atoms with van der Waals surface area (Å²) in [7, 11) is 0. The molecule has 1 aromatic carbocycles. The number of piperidine rings is 1. The molecule has 1 aromatic heterocycles. The van der Waals surface area contributed by atoms with Gasteiger partial charge in [-0.1, -0.05) is 6.07 Å². The van der Waals surface area contributed by atoms with E-state index in [9.17, 15) is 0 Å². The Morgan fingerprint density at radius 1 is 1.12 bits per heavy atom. The fourth-order valence-corrected chi connectivity index (χ4v) is 4.29. The molecule has 3 heterocycles. The zero-order valence-electron chi connectivity index (χ0n) is 16.1. The van der Waals surface area contributed by atoms with Crippen LogP contribution >= 0.6 is 0 Å². The van der Waals surface area contributed by atoms with Gasteiger partial charge in [0, 0.05) is 42.5 Å². The predicted octanol–water partition coefficient (Wildman–Crippen LogP) is 3.34. The molecule has 0 spiro atoms. The third kappa shape index (κ3) is 3.60. The Morgan fingerprint density at radius 2 is 1.85 bits per heavy atom. The van der Waals surface area contributed by atoms with Crippen LogP contribution in [-0.2, 0) is 13.0 Å². The molecule has 26 heavy (non-hydrogen) atoms. The molecule has 0 aliphatic carbocycles. The number of nitrogens with zero attached hydrogens (tertiary/aromatic N) is 3. The lowest BCUT2D eigenvalue weighted by molar-refractivity contribution is 0.0585. The van der Waals surface area contributed by atoms with Crippen LogP contribution in [0.4, 0.5) is 11.6 Å². The highest BCUT2D eigenvalue weighted by Crippen LogP contribution is 2.31. The van der Waals surface area contributed by atoms with Crippen molar-refractivity contribution in [3.05, 3.63) is 46.8 Å². The van der Waals surface area contributed by atoms with Crippen molar-refractivity contribution in [1.29, 1.82) is 0 Å². The number of aryl methyl sites for hydroxylation is 2. The molecule has 2 aromatic rings. The first-order valence-electron chi connectivity index (χ1n) is 9.68. The first-order chi connectivity index (χ1) is 12.5. The molecule has 0 atom stereocenters. The van der Waals surface area contributed by atoms with Crippen molar-refractivity contribution >= 4 is 11.6 Å². The second-order valence-corrected chi connectivity index (χ2v) is 8.09. The first-order valence-corrected chi connectivity index (χ1v) is 9.68. The summed E-state index contributed by atoms with van der Waals surface area (Å²) < 4.78 is 0. The Hall–Kier alpha value is -1.98. The van der Waals surface area contributed by atoms with Crippen molar-refractivity contribution in [3.8, 4) is 0 Å². The second-order valence-electron chi connectivity index (χ2n) is 8.09. The highest BCUT2D eigenvalue weighted by Gasteiger charge is 2.35. The molecule has 0 bridgehead atoms. The fourth-order valence-electron chi connectivity index (χ4n) is 4.29. The van der Waals surface area contributed by atoms with Crippen molar-refractivity contribution < 1.29 is 0 Å². The molecule has 5 nitrogen and oxygen atoms in total. The maximum Gasteiger partial charge on any atom is 0.227 e. The van der Waals surface area contributed by atoms with Crippen LogP contribution in [0.3, 0.4) is 0 Å². The van der Waals surface area contributed by atoms with Crippen LogP contribution in [0.2, 0.25) is 0 Å². The van der Waals surface area contributed by atoms with Crippen LogP contribution in [0.15, 0.2) is 24.4 Å². The van der Waals surface area contributed by atoms with Crippen molar-refractivity contribution in [2.75, 3.05) is 25.0 Å². The zero-order chi connectivity index (χ0) is 18.1. The molecule has 2 aliphatic rings. The Morgan fingerprint density at radius 3 is 2.58 bits per heavy atom. The SMILES string of the molecule is Cc1cc(C)cc(Nc2ncc3c(n2)CCN(C2(C)CCNCC2)C3)c1. The number of rotatable bonds is 3. The standard InChI is InChI=1S/C21H29N5/c1-15-10-16(2)12-18(11-15)24-20-23-13-17-14-26(9-4-19(17)25-20)21(3)5-7-22-8-6-21/h10-13,22H,4-9,14H2,1-3H3,(H,23,24,25). The van der Waals surface area contributed by atoms with Crippen molar-refractivity contribution in [1.82, 2.24) is 20.2 Å². The second kappa shape index (κ2) is 6.97. The summed E-state index contributed by atoms with van der Waals surface area (Å²) in [4.78, 5) is 12.0.